The molecule has 3 heterocycles. The van der Waals surface area contributed by atoms with E-state index in [0.717, 1.165) is 33.5 Å². The Morgan fingerprint density at radius 1 is 1.13 bits per heavy atom. The third-order valence-corrected chi connectivity index (χ3v) is 7.70. The van der Waals surface area contributed by atoms with E-state index in [2.05, 4.69) is 42.5 Å². The van der Waals surface area contributed by atoms with Gasteiger partial charge in [0.05, 0.1) is 5.71 Å². The van der Waals surface area contributed by atoms with Crippen molar-refractivity contribution in [3.8, 4) is 5.00 Å². The summed E-state index contributed by atoms with van der Waals surface area (Å²) in [5, 5.41) is 10.6. The Kier molecular flexibility index (Phi) is 5.88. The molecule has 0 fully saturated rings. The Morgan fingerprint density at radius 2 is 1.81 bits per heavy atom. The summed E-state index contributed by atoms with van der Waals surface area (Å²) < 4.78 is 2.09. The van der Waals surface area contributed by atoms with E-state index in [4.69, 9.17) is 16.6 Å². The van der Waals surface area contributed by atoms with Gasteiger partial charge in [0.1, 0.15) is 22.7 Å². The van der Waals surface area contributed by atoms with Crippen molar-refractivity contribution in [2.75, 3.05) is 0 Å². The second kappa shape index (κ2) is 8.32. The van der Waals surface area contributed by atoms with Crippen LogP contribution in [0, 0.1) is 32.6 Å². The molecule has 0 spiro atoms. The van der Waals surface area contributed by atoms with Crippen LogP contribution in [0.2, 0.25) is 5.02 Å². The molecule has 2 aromatic heterocycles. The summed E-state index contributed by atoms with van der Waals surface area (Å²) in [6.07, 6.45) is 0.307. The van der Waals surface area contributed by atoms with Crippen LogP contribution in [0.1, 0.15) is 66.5 Å². The third kappa shape index (κ3) is 3.87. The highest BCUT2D eigenvalue weighted by Crippen LogP contribution is 2.40. The first-order valence-electron chi connectivity index (χ1n) is 10.6. The fraction of sp³-hybridized carbons (Fsp3) is 0.417. The highest BCUT2D eigenvalue weighted by Gasteiger charge is 2.33. The maximum atomic E-state index is 13.1. The Labute approximate surface area is 192 Å². The lowest BCUT2D eigenvalue weighted by Crippen LogP contribution is -2.20. The SMILES string of the molecule is Cc1sc2c(c1C)C(c1ccc(Cl)cc1)=NC(CC(=O)C(C)C(C)C)c1nnc(C)n1-2. The predicted octanol–water partition coefficient (Wildman–Crippen LogP) is 6.05. The van der Waals surface area contributed by atoms with Crippen LogP contribution >= 0.6 is 22.9 Å². The minimum absolute atomic E-state index is 0.0343. The lowest BCUT2D eigenvalue weighted by atomic mass is 9.90. The topological polar surface area (TPSA) is 60.1 Å². The first kappa shape index (κ1) is 21.9. The van der Waals surface area contributed by atoms with Crippen molar-refractivity contribution in [1.29, 1.82) is 0 Å². The zero-order valence-corrected chi connectivity index (χ0v) is 20.3. The van der Waals surface area contributed by atoms with Crippen LogP contribution in [0.3, 0.4) is 0 Å². The Bertz CT molecular complexity index is 1170. The molecule has 5 nitrogen and oxygen atoms in total. The summed E-state index contributed by atoms with van der Waals surface area (Å²) >= 11 is 7.87. The quantitative estimate of drug-likeness (QED) is 0.471. The highest BCUT2D eigenvalue weighted by atomic mass is 35.5. The zero-order chi connectivity index (χ0) is 22.4. The molecule has 31 heavy (non-hydrogen) atoms. The molecule has 0 bridgehead atoms. The van der Waals surface area contributed by atoms with E-state index in [0.29, 0.717) is 11.4 Å². The smallest absolute Gasteiger partial charge is 0.163 e. The Balaban J connectivity index is 1.93. The van der Waals surface area contributed by atoms with Gasteiger partial charge in [0.15, 0.2) is 5.82 Å². The number of fused-ring (bicyclic) bond motifs is 3. The number of aryl methyl sites for hydroxylation is 2. The number of aromatic nitrogens is 3. The molecule has 162 valence electrons. The van der Waals surface area contributed by atoms with Gasteiger partial charge in [0.2, 0.25) is 0 Å². The molecule has 3 aromatic rings. The Morgan fingerprint density at radius 3 is 2.45 bits per heavy atom. The van der Waals surface area contributed by atoms with E-state index in [1.54, 1.807) is 11.3 Å². The van der Waals surface area contributed by atoms with Crippen molar-refractivity contribution >= 4 is 34.4 Å². The van der Waals surface area contributed by atoms with Gasteiger partial charge in [-0.25, -0.2) is 0 Å². The van der Waals surface area contributed by atoms with Gasteiger partial charge in [0.25, 0.3) is 0 Å². The number of nitrogens with zero attached hydrogens (tertiary/aromatic N) is 4. The molecule has 1 aliphatic heterocycles. The van der Waals surface area contributed by atoms with Crippen LogP contribution in [0.15, 0.2) is 29.3 Å². The number of rotatable bonds is 5. The number of benzene rings is 1. The van der Waals surface area contributed by atoms with E-state index in [1.165, 1.54) is 10.4 Å². The van der Waals surface area contributed by atoms with E-state index in [9.17, 15) is 4.79 Å². The summed E-state index contributed by atoms with van der Waals surface area (Å²) in [4.78, 5) is 19.5. The van der Waals surface area contributed by atoms with Gasteiger partial charge in [-0.2, -0.15) is 0 Å². The molecule has 0 saturated heterocycles. The van der Waals surface area contributed by atoms with E-state index < -0.39 is 0 Å². The number of aliphatic imine (C=N–C) groups is 1. The van der Waals surface area contributed by atoms with Crippen molar-refractivity contribution in [2.45, 2.75) is 54.0 Å². The average molecular weight is 455 g/mol. The lowest BCUT2D eigenvalue weighted by molar-refractivity contribution is -0.123. The van der Waals surface area contributed by atoms with Crippen molar-refractivity contribution in [3.05, 3.63) is 62.5 Å². The molecule has 0 saturated carbocycles. The fourth-order valence-electron chi connectivity index (χ4n) is 3.88. The van der Waals surface area contributed by atoms with Crippen LogP contribution in [0.25, 0.3) is 5.00 Å². The van der Waals surface area contributed by atoms with Gasteiger partial charge < -0.3 is 0 Å². The molecule has 1 aromatic carbocycles. The second-order valence-electron chi connectivity index (χ2n) is 8.61. The van der Waals surface area contributed by atoms with Crippen LogP contribution in [-0.4, -0.2) is 26.3 Å². The van der Waals surface area contributed by atoms with Crippen LogP contribution in [0.5, 0.6) is 0 Å². The van der Waals surface area contributed by atoms with Crippen LogP contribution < -0.4 is 0 Å². The summed E-state index contributed by atoms with van der Waals surface area (Å²) in [7, 11) is 0. The first-order valence-corrected chi connectivity index (χ1v) is 11.8. The van der Waals surface area contributed by atoms with E-state index in [-0.39, 0.29) is 23.7 Å². The van der Waals surface area contributed by atoms with E-state index in [1.807, 2.05) is 38.1 Å². The minimum atomic E-state index is -0.389. The fourth-order valence-corrected chi connectivity index (χ4v) is 5.22. The van der Waals surface area contributed by atoms with Crippen LogP contribution in [0.4, 0.5) is 0 Å². The average Bonchev–Trinajstić information content (AvgIpc) is 3.20. The summed E-state index contributed by atoms with van der Waals surface area (Å²) in [6, 6.07) is 7.36. The zero-order valence-electron chi connectivity index (χ0n) is 18.7. The molecule has 2 atom stereocenters. The van der Waals surface area contributed by atoms with Crippen molar-refractivity contribution in [1.82, 2.24) is 14.8 Å². The molecular weight excluding hydrogens is 428 g/mol. The number of ketones is 1. The molecular formula is C24H27ClN4OS. The van der Waals surface area contributed by atoms with Gasteiger partial charge in [-0.3, -0.25) is 14.4 Å². The van der Waals surface area contributed by atoms with Crippen molar-refractivity contribution in [3.63, 3.8) is 0 Å². The predicted molar refractivity (Wildman–Crippen MR) is 127 cm³/mol. The minimum Gasteiger partial charge on any atom is -0.299 e. The molecule has 0 aliphatic carbocycles. The van der Waals surface area contributed by atoms with Gasteiger partial charge >= 0.3 is 0 Å². The van der Waals surface area contributed by atoms with Crippen molar-refractivity contribution < 1.29 is 4.79 Å². The summed E-state index contributed by atoms with van der Waals surface area (Å²) in [5.74, 6) is 1.98. The molecule has 0 radical (unpaired) electrons. The van der Waals surface area contributed by atoms with Gasteiger partial charge in [-0.15, -0.1) is 21.5 Å². The maximum absolute atomic E-state index is 13.1. The Hall–Kier alpha value is -2.31. The number of hydrogen-bond acceptors (Lipinski definition) is 5. The van der Waals surface area contributed by atoms with Gasteiger partial charge in [-0.1, -0.05) is 44.5 Å². The standard InChI is InChI=1S/C24H27ClN4OS/c1-12(2)13(3)20(30)11-19-23-28-27-16(6)29(23)24-21(14(4)15(5)31-24)22(26-19)17-7-9-18(25)10-8-17/h7-10,12-13,19H,11H2,1-6H3. The molecule has 0 N–H and O–H groups in total. The number of halogens is 1. The van der Waals surface area contributed by atoms with Crippen molar-refractivity contribution in [2.24, 2.45) is 16.8 Å². The molecule has 2 unspecified atom stereocenters. The maximum Gasteiger partial charge on any atom is 0.163 e. The second-order valence-corrected chi connectivity index (χ2v) is 10.2. The van der Waals surface area contributed by atoms with Crippen LogP contribution in [-0.2, 0) is 4.79 Å². The highest BCUT2D eigenvalue weighted by molar-refractivity contribution is 7.15. The van der Waals surface area contributed by atoms with Gasteiger partial charge in [-0.05, 0) is 44.4 Å². The third-order valence-electron chi connectivity index (χ3n) is 6.26. The van der Waals surface area contributed by atoms with E-state index >= 15 is 0 Å². The summed E-state index contributed by atoms with van der Waals surface area (Å²) in [6.45, 7) is 12.4. The largest absolute Gasteiger partial charge is 0.299 e. The molecule has 0 amide bonds. The number of thiophene rings is 1. The monoisotopic (exact) mass is 454 g/mol. The number of carbonyl (C=O) groups excluding carboxylic acids is 1. The number of carbonyl (C=O) groups is 1. The van der Waals surface area contributed by atoms with Gasteiger partial charge in [0, 0.05) is 33.4 Å². The summed E-state index contributed by atoms with van der Waals surface area (Å²) in [5.41, 5.74) is 4.14. The normalized spacial score (nSPS) is 16.5. The first-order chi connectivity index (χ1) is 14.7. The number of hydrogen-bond donors (Lipinski definition) is 0. The number of Topliss-reactive ketones (excluding diaryl/α,β-unsaturated/α-hetero) is 1. The molecule has 7 heteroatoms. The molecule has 1 aliphatic rings. The lowest BCUT2D eigenvalue weighted by Gasteiger charge is -2.17. The molecule has 4 rings (SSSR count).